The summed E-state index contributed by atoms with van der Waals surface area (Å²) >= 11 is 0. The molecule has 0 unspecified atom stereocenters. The zero-order valence-electron chi connectivity index (χ0n) is 6.86. The molecule has 0 radical (unpaired) electrons. The topological polar surface area (TPSA) is 41.9 Å². The molecule has 0 aliphatic rings. The minimum absolute atomic E-state index is 0.755. The fourth-order valence-corrected chi connectivity index (χ4v) is 0.903. The summed E-state index contributed by atoms with van der Waals surface area (Å²) in [5.41, 5.74) is 0. The first-order valence-corrected chi connectivity index (χ1v) is 3.75. The van der Waals surface area contributed by atoms with Gasteiger partial charge < -0.3 is 4.90 Å². The third-order valence-electron chi connectivity index (χ3n) is 1.53. The lowest BCUT2D eigenvalue weighted by Crippen LogP contribution is -2.23. The van der Waals surface area contributed by atoms with Gasteiger partial charge >= 0.3 is 0 Å². The van der Waals surface area contributed by atoms with Gasteiger partial charge in [-0.05, 0) is 13.8 Å². The first kappa shape index (κ1) is 7.91. The van der Waals surface area contributed by atoms with Gasteiger partial charge in [-0.3, -0.25) is 0 Å². The van der Waals surface area contributed by atoms with Crippen LogP contribution in [-0.4, -0.2) is 28.0 Å². The molecular weight excluding hydrogens is 140 g/mol. The van der Waals surface area contributed by atoms with E-state index in [-0.39, 0.29) is 0 Å². The van der Waals surface area contributed by atoms with Crippen LogP contribution in [0.15, 0.2) is 12.7 Å². The number of aromatic nitrogens is 3. The molecule has 1 rings (SSSR count). The molecule has 11 heavy (non-hydrogen) atoms. The van der Waals surface area contributed by atoms with Crippen LogP contribution < -0.4 is 4.90 Å². The van der Waals surface area contributed by atoms with E-state index in [9.17, 15) is 0 Å². The summed E-state index contributed by atoms with van der Waals surface area (Å²) in [5, 5.41) is 0. The van der Waals surface area contributed by atoms with Gasteiger partial charge in [-0.25, -0.2) is 15.0 Å². The fourth-order valence-electron chi connectivity index (χ4n) is 0.903. The summed E-state index contributed by atoms with van der Waals surface area (Å²) in [4.78, 5) is 13.9. The van der Waals surface area contributed by atoms with Gasteiger partial charge in [-0.1, -0.05) is 0 Å². The highest BCUT2D eigenvalue weighted by molar-refractivity contribution is 5.25. The third-order valence-corrected chi connectivity index (χ3v) is 1.53. The minimum atomic E-state index is 0.755. The van der Waals surface area contributed by atoms with Crippen LogP contribution in [0.3, 0.4) is 0 Å². The molecule has 0 N–H and O–H groups in total. The number of nitrogens with zero attached hydrogens (tertiary/aromatic N) is 4. The summed E-state index contributed by atoms with van der Waals surface area (Å²) < 4.78 is 0. The molecule has 0 spiro atoms. The Kier molecular flexibility index (Phi) is 2.77. The maximum absolute atomic E-state index is 4.02. The van der Waals surface area contributed by atoms with Crippen LogP contribution in [0.2, 0.25) is 0 Å². The molecule has 0 amide bonds. The summed E-state index contributed by atoms with van der Waals surface area (Å²) in [5.74, 6) is 0.755. The average Bonchev–Trinajstić information content (AvgIpc) is 2.09. The number of hydrogen-bond acceptors (Lipinski definition) is 4. The molecule has 4 heteroatoms. The number of hydrogen-bond donors (Lipinski definition) is 0. The Hall–Kier alpha value is -1.19. The molecule has 0 saturated heterocycles. The third kappa shape index (κ3) is 1.86. The highest BCUT2D eigenvalue weighted by atomic mass is 15.3. The predicted octanol–water partition coefficient (Wildman–Crippen LogP) is 0.718. The summed E-state index contributed by atoms with van der Waals surface area (Å²) in [6.07, 6.45) is 3.03. The van der Waals surface area contributed by atoms with Crippen LogP contribution in [0.25, 0.3) is 0 Å². The van der Waals surface area contributed by atoms with E-state index in [1.165, 1.54) is 12.7 Å². The van der Waals surface area contributed by atoms with Crippen molar-refractivity contribution in [3.05, 3.63) is 12.7 Å². The van der Waals surface area contributed by atoms with Crippen molar-refractivity contribution < 1.29 is 0 Å². The van der Waals surface area contributed by atoms with Crippen molar-refractivity contribution in [1.29, 1.82) is 0 Å². The lowest BCUT2D eigenvalue weighted by Gasteiger charge is -2.16. The van der Waals surface area contributed by atoms with E-state index in [4.69, 9.17) is 0 Å². The zero-order valence-corrected chi connectivity index (χ0v) is 6.86. The maximum Gasteiger partial charge on any atom is 0.228 e. The van der Waals surface area contributed by atoms with Crippen molar-refractivity contribution in [3.63, 3.8) is 0 Å². The average molecular weight is 152 g/mol. The van der Waals surface area contributed by atoms with Crippen LogP contribution in [0, 0.1) is 0 Å². The van der Waals surface area contributed by atoms with Crippen molar-refractivity contribution in [2.24, 2.45) is 0 Å². The minimum Gasteiger partial charge on any atom is -0.341 e. The molecule has 0 atom stereocenters. The SMILES string of the molecule is CCN(CC)c1ncncn1. The van der Waals surface area contributed by atoms with Crippen LogP contribution in [0.5, 0.6) is 0 Å². The van der Waals surface area contributed by atoms with E-state index in [0.717, 1.165) is 19.0 Å². The quantitative estimate of drug-likeness (QED) is 0.640. The van der Waals surface area contributed by atoms with Gasteiger partial charge in [-0.2, -0.15) is 0 Å². The Bertz CT molecular complexity index is 195. The largest absolute Gasteiger partial charge is 0.341 e. The van der Waals surface area contributed by atoms with Crippen LogP contribution in [0.1, 0.15) is 13.8 Å². The summed E-state index contributed by atoms with van der Waals surface area (Å²) in [7, 11) is 0. The molecule has 4 nitrogen and oxygen atoms in total. The van der Waals surface area contributed by atoms with E-state index < -0.39 is 0 Å². The van der Waals surface area contributed by atoms with Crippen molar-refractivity contribution in [1.82, 2.24) is 15.0 Å². The molecule has 1 heterocycles. The second kappa shape index (κ2) is 3.85. The van der Waals surface area contributed by atoms with Crippen molar-refractivity contribution in [2.45, 2.75) is 13.8 Å². The lowest BCUT2D eigenvalue weighted by molar-refractivity contribution is 0.811. The van der Waals surface area contributed by atoms with Gasteiger partial charge in [-0.15, -0.1) is 0 Å². The summed E-state index contributed by atoms with van der Waals surface area (Å²) in [6.45, 7) is 6.02. The van der Waals surface area contributed by atoms with Crippen molar-refractivity contribution >= 4 is 5.95 Å². The standard InChI is InChI=1S/C7H12N4/c1-3-11(4-2)7-9-5-8-6-10-7/h5-6H,3-4H2,1-2H3. The first-order chi connectivity index (χ1) is 5.38. The molecule has 0 aliphatic heterocycles. The second-order valence-electron chi connectivity index (χ2n) is 2.11. The molecular formula is C7H12N4. The van der Waals surface area contributed by atoms with E-state index in [1.807, 2.05) is 0 Å². The molecule has 1 aromatic heterocycles. The van der Waals surface area contributed by atoms with E-state index in [1.54, 1.807) is 0 Å². The Morgan fingerprint density at radius 1 is 1.18 bits per heavy atom. The van der Waals surface area contributed by atoms with Crippen molar-refractivity contribution in [2.75, 3.05) is 18.0 Å². The first-order valence-electron chi connectivity index (χ1n) is 3.75. The van der Waals surface area contributed by atoms with E-state index >= 15 is 0 Å². The van der Waals surface area contributed by atoms with Gasteiger partial charge in [0.15, 0.2) is 0 Å². The summed E-state index contributed by atoms with van der Waals surface area (Å²) in [6, 6.07) is 0. The molecule has 1 aromatic rings. The number of anilines is 1. The van der Waals surface area contributed by atoms with Crippen LogP contribution >= 0.6 is 0 Å². The Morgan fingerprint density at radius 2 is 1.73 bits per heavy atom. The maximum atomic E-state index is 4.02. The highest BCUT2D eigenvalue weighted by Gasteiger charge is 2.01. The molecule has 0 bridgehead atoms. The Labute approximate surface area is 66.3 Å². The Balaban J connectivity index is 2.74. The normalized spacial score (nSPS) is 9.64. The smallest absolute Gasteiger partial charge is 0.228 e. The number of rotatable bonds is 3. The molecule has 0 saturated carbocycles. The monoisotopic (exact) mass is 152 g/mol. The molecule has 0 fully saturated rings. The fraction of sp³-hybridized carbons (Fsp3) is 0.571. The van der Waals surface area contributed by atoms with E-state index in [2.05, 4.69) is 33.7 Å². The zero-order chi connectivity index (χ0) is 8.10. The van der Waals surface area contributed by atoms with Crippen LogP contribution in [0.4, 0.5) is 5.95 Å². The molecule has 0 aromatic carbocycles. The van der Waals surface area contributed by atoms with Crippen molar-refractivity contribution in [3.8, 4) is 0 Å². The van der Waals surface area contributed by atoms with Gasteiger partial charge in [0.2, 0.25) is 5.95 Å². The highest BCUT2D eigenvalue weighted by Crippen LogP contribution is 2.01. The molecule has 0 aliphatic carbocycles. The predicted molar refractivity (Wildman–Crippen MR) is 43.4 cm³/mol. The van der Waals surface area contributed by atoms with Gasteiger partial charge in [0, 0.05) is 13.1 Å². The van der Waals surface area contributed by atoms with Crippen LogP contribution in [-0.2, 0) is 0 Å². The van der Waals surface area contributed by atoms with Gasteiger partial charge in [0.25, 0.3) is 0 Å². The lowest BCUT2D eigenvalue weighted by atomic mass is 10.5. The van der Waals surface area contributed by atoms with E-state index in [0.29, 0.717) is 0 Å². The van der Waals surface area contributed by atoms with Gasteiger partial charge in [0.1, 0.15) is 12.7 Å². The molecule has 60 valence electrons. The Morgan fingerprint density at radius 3 is 2.18 bits per heavy atom. The second-order valence-corrected chi connectivity index (χ2v) is 2.11. The van der Waals surface area contributed by atoms with Gasteiger partial charge in [0.05, 0.1) is 0 Å².